The monoisotopic (exact) mass is 260 g/mol. The number of hydrogen-bond donors (Lipinski definition) is 2. The molecule has 0 amide bonds. The van der Waals surface area contributed by atoms with Gasteiger partial charge in [0, 0.05) is 6.04 Å². The lowest BCUT2D eigenvalue weighted by Gasteiger charge is -2.37. The van der Waals surface area contributed by atoms with Crippen LogP contribution in [0.15, 0.2) is 18.2 Å². The minimum atomic E-state index is 0.403. The van der Waals surface area contributed by atoms with Crippen molar-refractivity contribution >= 4 is 0 Å². The Kier molecular flexibility index (Phi) is 4.64. The van der Waals surface area contributed by atoms with E-state index in [-0.39, 0.29) is 0 Å². The summed E-state index contributed by atoms with van der Waals surface area (Å²) < 4.78 is 0. The number of nitrogens with one attached hydrogen (secondary N) is 1. The molecule has 2 nitrogen and oxygen atoms in total. The van der Waals surface area contributed by atoms with E-state index >= 15 is 0 Å². The smallest absolute Gasteiger partial charge is 0.0307 e. The Bertz CT molecular complexity index is 419. The summed E-state index contributed by atoms with van der Waals surface area (Å²) in [7, 11) is 0. The van der Waals surface area contributed by atoms with E-state index in [9.17, 15) is 0 Å². The summed E-state index contributed by atoms with van der Waals surface area (Å²) in [4.78, 5) is 0. The maximum absolute atomic E-state index is 5.90. The van der Waals surface area contributed by atoms with Gasteiger partial charge in [-0.05, 0) is 56.1 Å². The Morgan fingerprint density at radius 1 is 1.26 bits per heavy atom. The number of benzene rings is 1. The predicted octanol–water partition coefficient (Wildman–Crippen LogP) is 3.65. The summed E-state index contributed by atoms with van der Waals surface area (Å²) in [6.07, 6.45) is 7.65. The zero-order valence-electron chi connectivity index (χ0n) is 12.6. The van der Waals surface area contributed by atoms with Crippen molar-refractivity contribution in [1.82, 2.24) is 5.43 Å². The Hall–Kier alpha value is -0.860. The van der Waals surface area contributed by atoms with Crippen molar-refractivity contribution in [3.05, 3.63) is 34.9 Å². The van der Waals surface area contributed by atoms with Gasteiger partial charge in [-0.3, -0.25) is 11.3 Å². The van der Waals surface area contributed by atoms with Gasteiger partial charge in [-0.2, -0.15) is 0 Å². The summed E-state index contributed by atoms with van der Waals surface area (Å²) in [5, 5.41) is 0. The lowest BCUT2D eigenvalue weighted by molar-refractivity contribution is 0.185. The van der Waals surface area contributed by atoms with Gasteiger partial charge < -0.3 is 0 Å². The standard InChI is InChI=1S/C17H28N2/c1-4-17(9-5-6-10-17)16(19-18)12-15-11-13(2)7-8-14(15)3/h7-8,11,16,19H,4-6,9-10,12,18H2,1-3H3. The van der Waals surface area contributed by atoms with E-state index in [4.69, 9.17) is 5.84 Å². The van der Waals surface area contributed by atoms with Gasteiger partial charge >= 0.3 is 0 Å². The molecule has 0 bridgehead atoms. The third-order valence-electron chi connectivity index (χ3n) is 5.17. The first-order chi connectivity index (χ1) is 9.11. The van der Waals surface area contributed by atoms with E-state index in [1.54, 1.807) is 0 Å². The highest BCUT2D eigenvalue weighted by atomic mass is 15.2. The number of hydrogen-bond acceptors (Lipinski definition) is 2. The average molecular weight is 260 g/mol. The second kappa shape index (κ2) is 6.06. The molecule has 106 valence electrons. The third kappa shape index (κ3) is 3.01. The minimum absolute atomic E-state index is 0.403. The molecule has 1 aromatic carbocycles. The van der Waals surface area contributed by atoms with E-state index in [0.717, 1.165) is 6.42 Å². The predicted molar refractivity (Wildman–Crippen MR) is 81.9 cm³/mol. The van der Waals surface area contributed by atoms with Crippen molar-refractivity contribution in [2.24, 2.45) is 11.3 Å². The first kappa shape index (κ1) is 14.5. The van der Waals surface area contributed by atoms with Gasteiger partial charge in [0.1, 0.15) is 0 Å². The highest BCUT2D eigenvalue weighted by molar-refractivity contribution is 5.31. The largest absolute Gasteiger partial charge is 0.271 e. The van der Waals surface area contributed by atoms with Gasteiger partial charge in [-0.15, -0.1) is 0 Å². The second-order valence-electron chi connectivity index (χ2n) is 6.28. The van der Waals surface area contributed by atoms with E-state index in [1.165, 1.54) is 48.8 Å². The maximum Gasteiger partial charge on any atom is 0.0307 e. The van der Waals surface area contributed by atoms with Gasteiger partial charge in [-0.25, -0.2) is 0 Å². The molecule has 1 saturated carbocycles. The van der Waals surface area contributed by atoms with Crippen molar-refractivity contribution in [2.75, 3.05) is 0 Å². The molecule has 19 heavy (non-hydrogen) atoms. The Morgan fingerprint density at radius 2 is 1.95 bits per heavy atom. The first-order valence-corrected chi connectivity index (χ1v) is 7.63. The van der Waals surface area contributed by atoms with E-state index in [2.05, 4.69) is 44.4 Å². The second-order valence-corrected chi connectivity index (χ2v) is 6.28. The average Bonchev–Trinajstić information content (AvgIpc) is 2.89. The molecule has 0 spiro atoms. The molecule has 0 aliphatic heterocycles. The summed E-state index contributed by atoms with van der Waals surface area (Å²) in [5.74, 6) is 5.90. The van der Waals surface area contributed by atoms with Crippen LogP contribution in [0.2, 0.25) is 0 Å². The van der Waals surface area contributed by atoms with Crippen LogP contribution in [0.25, 0.3) is 0 Å². The van der Waals surface area contributed by atoms with Crippen LogP contribution in [0.1, 0.15) is 55.7 Å². The van der Waals surface area contributed by atoms with Crippen molar-refractivity contribution < 1.29 is 0 Å². The van der Waals surface area contributed by atoms with Crippen LogP contribution in [0.4, 0.5) is 0 Å². The molecule has 0 radical (unpaired) electrons. The molecular formula is C17H28N2. The van der Waals surface area contributed by atoms with Gasteiger partial charge in [0.05, 0.1) is 0 Å². The lowest BCUT2D eigenvalue weighted by atomic mass is 9.74. The fraction of sp³-hybridized carbons (Fsp3) is 0.647. The quantitative estimate of drug-likeness (QED) is 0.626. The number of hydrazine groups is 1. The van der Waals surface area contributed by atoms with Crippen LogP contribution < -0.4 is 11.3 Å². The van der Waals surface area contributed by atoms with Gasteiger partial charge in [0.2, 0.25) is 0 Å². The fourth-order valence-corrected chi connectivity index (χ4v) is 3.72. The molecule has 1 unspecified atom stereocenters. The van der Waals surface area contributed by atoms with Crippen molar-refractivity contribution in [3.8, 4) is 0 Å². The van der Waals surface area contributed by atoms with Crippen LogP contribution in [0.3, 0.4) is 0 Å². The van der Waals surface area contributed by atoms with Gasteiger partial charge in [0.15, 0.2) is 0 Å². The summed E-state index contributed by atoms with van der Waals surface area (Å²) in [5.41, 5.74) is 7.71. The molecule has 0 saturated heterocycles. The lowest BCUT2D eigenvalue weighted by Crippen LogP contribution is -2.48. The Balaban J connectivity index is 2.21. The molecule has 1 aliphatic carbocycles. The summed E-state index contributed by atoms with van der Waals surface area (Å²) >= 11 is 0. The molecule has 1 atom stereocenters. The SMILES string of the molecule is CCC1(C(Cc2cc(C)ccc2C)NN)CCCC1. The molecule has 2 heteroatoms. The molecule has 0 aromatic heterocycles. The van der Waals surface area contributed by atoms with Crippen LogP contribution in [-0.4, -0.2) is 6.04 Å². The molecule has 1 fully saturated rings. The number of nitrogens with two attached hydrogens (primary N) is 1. The first-order valence-electron chi connectivity index (χ1n) is 7.63. The maximum atomic E-state index is 5.90. The highest BCUT2D eigenvalue weighted by Crippen LogP contribution is 2.44. The zero-order valence-corrected chi connectivity index (χ0v) is 12.6. The number of rotatable bonds is 5. The normalized spacial score (nSPS) is 19.6. The van der Waals surface area contributed by atoms with Crippen LogP contribution in [0.5, 0.6) is 0 Å². The molecule has 1 aliphatic rings. The van der Waals surface area contributed by atoms with Crippen molar-refractivity contribution in [1.29, 1.82) is 0 Å². The van der Waals surface area contributed by atoms with Crippen molar-refractivity contribution in [3.63, 3.8) is 0 Å². The van der Waals surface area contributed by atoms with Gasteiger partial charge in [-0.1, -0.05) is 43.5 Å². The molecule has 2 rings (SSSR count). The zero-order chi connectivity index (χ0) is 13.9. The third-order valence-corrected chi connectivity index (χ3v) is 5.17. The fourth-order valence-electron chi connectivity index (χ4n) is 3.72. The Labute approximate surface area is 117 Å². The summed E-state index contributed by atoms with van der Waals surface area (Å²) in [6.45, 7) is 6.69. The van der Waals surface area contributed by atoms with Crippen LogP contribution in [0, 0.1) is 19.3 Å². The topological polar surface area (TPSA) is 38.0 Å². The molecule has 0 heterocycles. The highest BCUT2D eigenvalue weighted by Gasteiger charge is 2.39. The van der Waals surface area contributed by atoms with Crippen LogP contribution in [-0.2, 0) is 6.42 Å². The van der Waals surface area contributed by atoms with Crippen LogP contribution >= 0.6 is 0 Å². The van der Waals surface area contributed by atoms with Crippen molar-refractivity contribution in [2.45, 2.75) is 65.3 Å². The number of aryl methyl sites for hydroxylation is 2. The Morgan fingerprint density at radius 3 is 2.53 bits per heavy atom. The van der Waals surface area contributed by atoms with E-state index in [1.807, 2.05) is 0 Å². The molecule has 1 aromatic rings. The summed E-state index contributed by atoms with van der Waals surface area (Å²) in [6, 6.07) is 7.14. The molecule has 3 N–H and O–H groups in total. The minimum Gasteiger partial charge on any atom is -0.271 e. The molecular weight excluding hydrogens is 232 g/mol. The van der Waals surface area contributed by atoms with E-state index in [0.29, 0.717) is 11.5 Å². The van der Waals surface area contributed by atoms with Gasteiger partial charge in [0.25, 0.3) is 0 Å². The van der Waals surface area contributed by atoms with E-state index < -0.39 is 0 Å².